The number of aryl methyl sites for hydroxylation is 1. The molecule has 8 heteroatoms. The van der Waals surface area contributed by atoms with Gasteiger partial charge in [-0.05, 0) is 72.6 Å². The second-order valence-corrected chi connectivity index (χ2v) is 10.1. The number of rotatable bonds is 8. The monoisotopic (exact) mass is 554 g/mol. The second-order valence-electron chi connectivity index (χ2n) is 8.70. The third-order valence-corrected chi connectivity index (χ3v) is 7.49. The summed E-state index contributed by atoms with van der Waals surface area (Å²) in [7, 11) is 0. The van der Waals surface area contributed by atoms with Crippen molar-refractivity contribution in [3.8, 4) is 11.5 Å². The number of benzene rings is 4. The van der Waals surface area contributed by atoms with Gasteiger partial charge in [0, 0.05) is 15.6 Å². The normalized spacial score (nSPS) is 11.0. The van der Waals surface area contributed by atoms with Crippen LogP contribution in [-0.2, 0) is 6.61 Å². The standard InChI is InChI=1S/C31H23ClN2O4S/c1-20-6-8-22(9-7-20)19-37-24-16-12-23(13-17-24)30(35)34-33-18-21-10-14-25(15-11-21)38-31(36)29-28(32)26-4-2-3-5-27(26)39-29/h2-18H,19H2,1H3,(H,34,35)/b33-18-. The minimum atomic E-state index is -0.513. The largest absolute Gasteiger partial charge is 0.489 e. The molecule has 0 aliphatic rings. The molecule has 0 saturated carbocycles. The molecule has 0 fully saturated rings. The molecule has 0 saturated heterocycles. The highest BCUT2D eigenvalue weighted by molar-refractivity contribution is 7.21. The van der Waals surface area contributed by atoms with Crippen LogP contribution in [0.2, 0.25) is 5.02 Å². The van der Waals surface area contributed by atoms with Crippen LogP contribution in [0.1, 0.15) is 36.7 Å². The van der Waals surface area contributed by atoms with Gasteiger partial charge in [0.05, 0.1) is 11.2 Å². The Kier molecular flexibility index (Phi) is 8.01. The lowest BCUT2D eigenvalue weighted by Gasteiger charge is -2.07. The van der Waals surface area contributed by atoms with Crippen molar-refractivity contribution in [3.63, 3.8) is 0 Å². The summed E-state index contributed by atoms with van der Waals surface area (Å²) in [5.74, 6) is 0.189. The van der Waals surface area contributed by atoms with E-state index in [1.165, 1.54) is 23.1 Å². The van der Waals surface area contributed by atoms with Crippen molar-refractivity contribution >= 4 is 51.1 Å². The zero-order valence-corrected chi connectivity index (χ0v) is 22.5. The van der Waals surface area contributed by atoms with Gasteiger partial charge in [-0.1, -0.05) is 59.6 Å². The maximum absolute atomic E-state index is 12.6. The van der Waals surface area contributed by atoms with Crippen molar-refractivity contribution in [2.45, 2.75) is 13.5 Å². The average Bonchev–Trinajstić information content (AvgIpc) is 3.30. The number of hydrogen-bond acceptors (Lipinski definition) is 6. The Bertz CT molecular complexity index is 1640. The second kappa shape index (κ2) is 11.9. The molecule has 1 heterocycles. The SMILES string of the molecule is Cc1ccc(COc2ccc(C(=O)N/N=C\c3ccc(OC(=O)c4sc5ccccc5c4Cl)cc3)cc2)cc1. The van der Waals surface area contributed by atoms with Gasteiger partial charge in [0.25, 0.3) is 5.91 Å². The van der Waals surface area contributed by atoms with Crippen LogP contribution in [0.5, 0.6) is 11.5 Å². The van der Waals surface area contributed by atoms with E-state index in [0.717, 1.165) is 21.2 Å². The number of carbonyl (C=O) groups is 2. The van der Waals surface area contributed by atoms with Gasteiger partial charge in [-0.2, -0.15) is 5.10 Å². The highest BCUT2D eigenvalue weighted by atomic mass is 35.5. The number of hydrogen-bond donors (Lipinski definition) is 1. The predicted molar refractivity (Wildman–Crippen MR) is 155 cm³/mol. The van der Waals surface area contributed by atoms with Crippen LogP contribution in [0.4, 0.5) is 0 Å². The van der Waals surface area contributed by atoms with E-state index in [1.54, 1.807) is 48.5 Å². The van der Waals surface area contributed by atoms with E-state index in [2.05, 4.69) is 10.5 Å². The third kappa shape index (κ3) is 6.52. The summed E-state index contributed by atoms with van der Waals surface area (Å²) in [5, 5.41) is 5.24. The number of halogens is 1. The van der Waals surface area contributed by atoms with Crippen molar-refractivity contribution in [3.05, 3.63) is 129 Å². The van der Waals surface area contributed by atoms with Gasteiger partial charge in [0.15, 0.2) is 0 Å². The van der Waals surface area contributed by atoms with Crippen LogP contribution in [0.3, 0.4) is 0 Å². The molecule has 6 nitrogen and oxygen atoms in total. The molecule has 0 unspecified atom stereocenters. The molecule has 0 bridgehead atoms. The van der Waals surface area contributed by atoms with Crippen LogP contribution in [0, 0.1) is 6.92 Å². The maximum Gasteiger partial charge on any atom is 0.355 e. The summed E-state index contributed by atoms with van der Waals surface area (Å²) in [4.78, 5) is 25.4. The molecule has 5 rings (SSSR count). The van der Waals surface area contributed by atoms with Crippen LogP contribution in [0.15, 0.2) is 102 Å². The quantitative estimate of drug-likeness (QED) is 0.0936. The average molecular weight is 555 g/mol. The molecule has 1 aromatic heterocycles. The number of nitrogens with one attached hydrogen (secondary N) is 1. The minimum Gasteiger partial charge on any atom is -0.489 e. The molecular weight excluding hydrogens is 532 g/mol. The molecule has 0 atom stereocenters. The topological polar surface area (TPSA) is 77.0 Å². The first-order valence-corrected chi connectivity index (χ1v) is 13.3. The van der Waals surface area contributed by atoms with E-state index < -0.39 is 5.97 Å². The molecule has 39 heavy (non-hydrogen) atoms. The van der Waals surface area contributed by atoms with Crippen LogP contribution in [-0.4, -0.2) is 18.1 Å². The fourth-order valence-electron chi connectivity index (χ4n) is 3.70. The van der Waals surface area contributed by atoms with Gasteiger partial charge in [0.1, 0.15) is 23.0 Å². The van der Waals surface area contributed by atoms with E-state index in [0.29, 0.717) is 33.6 Å². The fraction of sp³-hybridized carbons (Fsp3) is 0.0645. The van der Waals surface area contributed by atoms with Gasteiger partial charge >= 0.3 is 5.97 Å². The highest BCUT2D eigenvalue weighted by Crippen LogP contribution is 2.35. The number of nitrogens with zero attached hydrogens (tertiary/aromatic N) is 1. The lowest BCUT2D eigenvalue weighted by atomic mass is 10.2. The van der Waals surface area contributed by atoms with Crippen molar-refractivity contribution < 1.29 is 19.1 Å². The first-order chi connectivity index (χ1) is 19.0. The highest BCUT2D eigenvalue weighted by Gasteiger charge is 2.18. The molecular formula is C31H23ClN2O4S. The number of hydrazone groups is 1. The molecule has 0 radical (unpaired) electrons. The first kappa shape index (κ1) is 26.2. The Morgan fingerprint density at radius 2 is 1.59 bits per heavy atom. The summed E-state index contributed by atoms with van der Waals surface area (Å²) >= 11 is 7.67. The van der Waals surface area contributed by atoms with Gasteiger partial charge in [0.2, 0.25) is 0 Å². The number of ether oxygens (including phenoxy) is 2. The zero-order chi connectivity index (χ0) is 27.2. The van der Waals surface area contributed by atoms with Gasteiger partial charge in [-0.25, -0.2) is 10.2 Å². The number of thiophene rings is 1. The predicted octanol–water partition coefficient (Wildman–Crippen LogP) is 7.43. The fourth-order valence-corrected chi connectivity index (χ4v) is 5.09. The van der Waals surface area contributed by atoms with Crippen LogP contribution >= 0.6 is 22.9 Å². The van der Waals surface area contributed by atoms with E-state index in [9.17, 15) is 9.59 Å². The van der Waals surface area contributed by atoms with Crippen LogP contribution in [0.25, 0.3) is 10.1 Å². The van der Waals surface area contributed by atoms with Gasteiger partial charge in [-0.15, -0.1) is 11.3 Å². The first-order valence-electron chi connectivity index (χ1n) is 12.1. The minimum absolute atomic E-state index is 0.345. The van der Waals surface area contributed by atoms with Gasteiger partial charge in [-0.3, -0.25) is 4.79 Å². The maximum atomic E-state index is 12.6. The molecule has 194 valence electrons. The Balaban J connectivity index is 1.12. The Morgan fingerprint density at radius 3 is 2.31 bits per heavy atom. The molecule has 0 aliphatic carbocycles. The number of esters is 1. The molecule has 1 N–H and O–H groups in total. The summed E-state index contributed by atoms with van der Waals surface area (Å²) in [6.45, 7) is 2.49. The molecule has 5 aromatic rings. The molecule has 4 aromatic carbocycles. The number of carbonyl (C=O) groups excluding carboxylic acids is 2. The molecule has 1 amide bonds. The zero-order valence-electron chi connectivity index (χ0n) is 20.9. The van der Waals surface area contributed by atoms with E-state index in [-0.39, 0.29) is 5.91 Å². The van der Waals surface area contributed by atoms with Crippen molar-refractivity contribution in [1.82, 2.24) is 5.43 Å². The van der Waals surface area contributed by atoms with E-state index in [4.69, 9.17) is 21.1 Å². The summed E-state index contributed by atoms with van der Waals surface area (Å²) < 4.78 is 12.2. The molecule has 0 spiro atoms. The van der Waals surface area contributed by atoms with Crippen molar-refractivity contribution in [2.24, 2.45) is 5.10 Å². The smallest absolute Gasteiger partial charge is 0.355 e. The van der Waals surface area contributed by atoms with Crippen molar-refractivity contribution in [2.75, 3.05) is 0 Å². The number of amides is 1. The van der Waals surface area contributed by atoms with Crippen molar-refractivity contribution in [1.29, 1.82) is 0 Å². The number of fused-ring (bicyclic) bond motifs is 1. The summed E-state index contributed by atoms with van der Waals surface area (Å²) in [5.41, 5.74) is 5.95. The van der Waals surface area contributed by atoms with E-state index in [1.807, 2.05) is 55.5 Å². The summed E-state index contributed by atoms with van der Waals surface area (Å²) in [6, 6.07) is 29.3. The Hall–Kier alpha value is -4.46. The Labute approximate surface area is 234 Å². The lowest BCUT2D eigenvalue weighted by Crippen LogP contribution is -2.17. The van der Waals surface area contributed by atoms with Gasteiger partial charge < -0.3 is 9.47 Å². The lowest BCUT2D eigenvalue weighted by molar-refractivity contribution is 0.0739. The summed E-state index contributed by atoms with van der Waals surface area (Å²) in [6.07, 6.45) is 1.51. The Morgan fingerprint density at radius 1 is 0.897 bits per heavy atom. The molecule has 0 aliphatic heterocycles. The third-order valence-electron chi connectivity index (χ3n) is 5.83. The van der Waals surface area contributed by atoms with E-state index >= 15 is 0 Å². The van der Waals surface area contributed by atoms with Crippen LogP contribution < -0.4 is 14.9 Å².